The van der Waals surface area contributed by atoms with Gasteiger partial charge in [-0.05, 0) is 28.8 Å². The molecule has 0 saturated heterocycles. The number of hydrogen-bond acceptors (Lipinski definition) is 5. The third-order valence-electron chi connectivity index (χ3n) is 3.37. The lowest BCUT2D eigenvalue weighted by Gasteiger charge is -2.01. The Kier molecular flexibility index (Phi) is 3.46. The topological polar surface area (TPSA) is 73.8 Å². The van der Waals surface area contributed by atoms with Gasteiger partial charge in [-0.2, -0.15) is 4.98 Å². The van der Waals surface area contributed by atoms with E-state index >= 15 is 0 Å². The van der Waals surface area contributed by atoms with Crippen LogP contribution < -0.4 is 5.56 Å². The van der Waals surface area contributed by atoms with Crippen molar-refractivity contribution in [3.63, 3.8) is 0 Å². The average Bonchev–Trinajstić information content (AvgIpc) is 3.05. The monoisotopic (exact) mass is 324 g/mol. The van der Waals surface area contributed by atoms with Gasteiger partial charge >= 0.3 is 0 Å². The summed E-state index contributed by atoms with van der Waals surface area (Å²) in [6.45, 7) is 0.255. The maximum absolute atomic E-state index is 11.8. The highest BCUT2D eigenvalue weighted by Crippen LogP contribution is 2.32. The molecule has 100 valence electrons. The number of nitrogens with zero attached hydrogens (tertiary/aromatic N) is 4. The third-order valence-corrected chi connectivity index (χ3v) is 3.91. The van der Waals surface area contributed by atoms with Gasteiger partial charge in [0.05, 0.1) is 6.33 Å². The molecule has 0 aliphatic heterocycles. The van der Waals surface area contributed by atoms with Gasteiger partial charge in [-0.1, -0.05) is 18.0 Å². The molecule has 0 bridgehead atoms. The summed E-state index contributed by atoms with van der Waals surface area (Å²) >= 11 is 3.16. The Morgan fingerprint density at radius 2 is 2.21 bits per heavy atom. The first-order valence-electron chi connectivity index (χ1n) is 6.26. The zero-order valence-electron chi connectivity index (χ0n) is 10.3. The van der Waals surface area contributed by atoms with Gasteiger partial charge in [0.15, 0.2) is 5.82 Å². The first-order valence-corrected chi connectivity index (χ1v) is 7.06. The van der Waals surface area contributed by atoms with Gasteiger partial charge in [-0.15, -0.1) is 0 Å². The fourth-order valence-electron chi connectivity index (χ4n) is 2.36. The van der Waals surface area contributed by atoms with E-state index in [2.05, 4.69) is 31.1 Å². The average molecular weight is 325 g/mol. The second-order valence-corrected chi connectivity index (χ2v) is 5.56. The van der Waals surface area contributed by atoms with Gasteiger partial charge < -0.3 is 4.52 Å². The van der Waals surface area contributed by atoms with Crippen LogP contribution in [0, 0.1) is 0 Å². The lowest BCUT2D eigenvalue weighted by molar-refractivity contribution is 0.361. The zero-order chi connectivity index (χ0) is 13.2. The molecule has 1 aliphatic rings. The van der Waals surface area contributed by atoms with Crippen molar-refractivity contribution in [3.8, 4) is 0 Å². The molecule has 6 nitrogen and oxygen atoms in total. The number of halogens is 1. The van der Waals surface area contributed by atoms with Crippen LogP contribution in [0.2, 0.25) is 0 Å². The molecule has 1 fully saturated rings. The fourth-order valence-corrected chi connectivity index (χ4v) is 2.71. The summed E-state index contributed by atoms with van der Waals surface area (Å²) in [4.78, 5) is 20.2. The number of hydrogen-bond donors (Lipinski definition) is 0. The van der Waals surface area contributed by atoms with Gasteiger partial charge in [-0.3, -0.25) is 9.36 Å². The molecule has 0 amide bonds. The molecular weight excluding hydrogens is 312 g/mol. The Morgan fingerprint density at radius 3 is 3.00 bits per heavy atom. The van der Waals surface area contributed by atoms with Crippen molar-refractivity contribution in [2.45, 2.75) is 38.1 Å². The Hall–Kier alpha value is -1.50. The standard InChI is InChI=1S/C12H13BrN4O2/c13-9-5-14-7-17(12(9)18)6-10-15-11(16-19-10)8-3-1-2-4-8/h5,7-8H,1-4,6H2. The van der Waals surface area contributed by atoms with Crippen LogP contribution in [0.4, 0.5) is 0 Å². The molecule has 0 spiro atoms. The number of rotatable bonds is 3. The molecule has 2 heterocycles. The first kappa shape index (κ1) is 12.5. The SMILES string of the molecule is O=c1c(Br)cncn1Cc1nc(C2CCCC2)no1. The molecule has 0 aromatic carbocycles. The van der Waals surface area contributed by atoms with Crippen molar-refractivity contribution in [1.29, 1.82) is 0 Å². The summed E-state index contributed by atoms with van der Waals surface area (Å²) in [6.07, 6.45) is 7.63. The molecular formula is C12H13BrN4O2. The molecule has 2 aromatic rings. The van der Waals surface area contributed by atoms with Gasteiger partial charge in [-0.25, -0.2) is 4.98 Å². The lowest BCUT2D eigenvalue weighted by atomic mass is 10.1. The minimum Gasteiger partial charge on any atom is -0.337 e. The van der Waals surface area contributed by atoms with Crippen molar-refractivity contribution in [1.82, 2.24) is 19.7 Å². The van der Waals surface area contributed by atoms with Crippen molar-refractivity contribution in [3.05, 3.63) is 39.1 Å². The molecule has 0 unspecified atom stereocenters. The van der Waals surface area contributed by atoms with Crippen LogP contribution in [-0.4, -0.2) is 19.7 Å². The van der Waals surface area contributed by atoms with Gasteiger partial charge in [0.2, 0.25) is 5.89 Å². The third kappa shape index (κ3) is 2.60. The van der Waals surface area contributed by atoms with Crippen molar-refractivity contribution in [2.75, 3.05) is 0 Å². The Balaban J connectivity index is 1.80. The largest absolute Gasteiger partial charge is 0.337 e. The molecule has 7 heteroatoms. The molecule has 0 radical (unpaired) electrons. The highest BCUT2D eigenvalue weighted by Gasteiger charge is 2.22. The van der Waals surface area contributed by atoms with E-state index in [0.717, 1.165) is 18.7 Å². The van der Waals surface area contributed by atoms with Gasteiger partial charge in [0.1, 0.15) is 11.0 Å². The van der Waals surface area contributed by atoms with E-state index in [1.54, 1.807) is 0 Å². The Bertz CT molecular complexity index is 631. The first-order chi connectivity index (χ1) is 9.24. The summed E-state index contributed by atoms with van der Waals surface area (Å²) in [5, 5.41) is 4.01. The highest BCUT2D eigenvalue weighted by molar-refractivity contribution is 9.10. The summed E-state index contributed by atoms with van der Waals surface area (Å²) in [7, 11) is 0. The second-order valence-electron chi connectivity index (χ2n) is 4.70. The van der Waals surface area contributed by atoms with Crippen LogP contribution in [0.3, 0.4) is 0 Å². The van der Waals surface area contributed by atoms with Crippen LogP contribution in [0.5, 0.6) is 0 Å². The number of aromatic nitrogens is 4. The van der Waals surface area contributed by atoms with Crippen LogP contribution in [-0.2, 0) is 6.54 Å². The molecule has 0 N–H and O–H groups in total. The van der Waals surface area contributed by atoms with E-state index < -0.39 is 0 Å². The van der Waals surface area contributed by atoms with Crippen molar-refractivity contribution >= 4 is 15.9 Å². The van der Waals surface area contributed by atoms with E-state index in [-0.39, 0.29) is 12.1 Å². The van der Waals surface area contributed by atoms with Crippen molar-refractivity contribution in [2.24, 2.45) is 0 Å². The predicted octanol–water partition coefficient (Wildman–Crippen LogP) is 2.09. The summed E-state index contributed by atoms with van der Waals surface area (Å²) in [5.41, 5.74) is -0.157. The quantitative estimate of drug-likeness (QED) is 0.864. The smallest absolute Gasteiger partial charge is 0.268 e. The second kappa shape index (κ2) is 5.24. The predicted molar refractivity (Wildman–Crippen MR) is 70.8 cm³/mol. The van der Waals surface area contributed by atoms with Crippen LogP contribution in [0.15, 0.2) is 26.3 Å². The van der Waals surface area contributed by atoms with Crippen LogP contribution in [0.1, 0.15) is 43.3 Å². The minimum atomic E-state index is -0.157. The molecule has 1 aliphatic carbocycles. The van der Waals surface area contributed by atoms with E-state index in [1.807, 2.05) is 0 Å². The zero-order valence-corrected chi connectivity index (χ0v) is 11.8. The molecule has 1 saturated carbocycles. The van der Waals surface area contributed by atoms with E-state index in [1.165, 1.54) is 29.9 Å². The van der Waals surface area contributed by atoms with Crippen LogP contribution >= 0.6 is 15.9 Å². The highest BCUT2D eigenvalue weighted by atomic mass is 79.9. The molecule has 0 atom stereocenters. The van der Waals surface area contributed by atoms with Crippen molar-refractivity contribution < 1.29 is 4.52 Å². The molecule has 2 aromatic heterocycles. The summed E-state index contributed by atoms with van der Waals surface area (Å²) < 4.78 is 7.07. The minimum absolute atomic E-state index is 0.157. The summed E-state index contributed by atoms with van der Waals surface area (Å²) in [5.74, 6) is 1.63. The normalized spacial score (nSPS) is 16.1. The van der Waals surface area contributed by atoms with Gasteiger partial charge in [0.25, 0.3) is 5.56 Å². The van der Waals surface area contributed by atoms with E-state index in [9.17, 15) is 4.79 Å². The van der Waals surface area contributed by atoms with Gasteiger partial charge in [0, 0.05) is 12.1 Å². The van der Waals surface area contributed by atoms with E-state index in [0.29, 0.717) is 16.3 Å². The molecule has 19 heavy (non-hydrogen) atoms. The maximum atomic E-state index is 11.8. The Labute approximate surface area is 118 Å². The maximum Gasteiger partial charge on any atom is 0.268 e. The fraction of sp³-hybridized carbons (Fsp3) is 0.500. The van der Waals surface area contributed by atoms with Crippen LogP contribution in [0.25, 0.3) is 0 Å². The molecule has 3 rings (SSSR count). The Morgan fingerprint density at radius 1 is 1.42 bits per heavy atom. The lowest BCUT2D eigenvalue weighted by Crippen LogP contribution is -2.21. The van der Waals surface area contributed by atoms with E-state index in [4.69, 9.17) is 4.52 Å². The summed E-state index contributed by atoms with van der Waals surface area (Å²) in [6, 6.07) is 0.